The van der Waals surface area contributed by atoms with Gasteiger partial charge in [-0.3, -0.25) is 0 Å². The predicted octanol–water partition coefficient (Wildman–Crippen LogP) is 3.11. The summed E-state index contributed by atoms with van der Waals surface area (Å²) in [7, 11) is 0. The van der Waals surface area contributed by atoms with Gasteiger partial charge in [0, 0.05) is 34.5 Å². The molecule has 1 saturated heterocycles. The van der Waals surface area contributed by atoms with Crippen LogP contribution in [0.25, 0.3) is 0 Å². The summed E-state index contributed by atoms with van der Waals surface area (Å²) in [4.78, 5) is 0. The van der Waals surface area contributed by atoms with E-state index >= 15 is 0 Å². The van der Waals surface area contributed by atoms with Gasteiger partial charge >= 0.3 is 0 Å². The highest BCUT2D eigenvalue weighted by molar-refractivity contribution is 8.07. The van der Waals surface area contributed by atoms with Crippen molar-refractivity contribution in [1.82, 2.24) is 0 Å². The number of thioether (sulfide) groups is 2. The van der Waals surface area contributed by atoms with Crippen molar-refractivity contribution in [1.29, 1.82) is 0 Å². The molecular formula is C13H16F2OS2. The molecule has 1 heterocycles. The van der Waals surface area contributed by atoms with Crippen LogP contribution < -0.4 is 0 Å². The molecule has 1 aromatic rings. The Labute approximate surface area is 114 Å². The summed E-state index contributed by atoms with van der Waals surface area (Å²) >= 11 is 3.58. The molecule has 0 saturated carbocycles. The van der Waals surface area contributed by atoms with Gasteiger partial charge < -0.3 is 5.11 Å². The minimum absolute atomic E-state index is 0.119. The average molecular weight is 290 g/mol. The molecule has 0 amide bonds. The van der Waals surface area contributed by atoms with Crippen molar-refractivity contribution in [2.24, 2.45) is 0 Å². The molecule has 3 atom stereocenters. The van der Waals surface area contributed by atoms with Crippen LogP contribution in [-0.4, -0.2) is 33.2 Å². The number of rotatable bonds is 3. The molecule has 0 bridgehead atoms. The highest BCUT2D eigenvalue weighted by atomic mass is 32.2. The summed E-state index contributed by atoms with van der Waals surface area (Å²) in [5, 5.41) is 10.7. The minimum atomic E-state index is -0.585. The van der Waals surface area contributed by atoms with Gasteiger partial charge in [-0.25, -0.2) is 8.78 Å². The molecular weight excluding hydrogens is 274 g/mol. The van der Waals surface area contributed by atoms with Crippen molar-refractivity contribution >= 4 is 23.5 Å². The van der Waals surface area contributed by atoms with Crippen LogP contribution in [0.3, 0.4) is 0 Å². The summed E-state index contributed by atoms with van der Waals surface area (Å²) in [5.41, 5.74) is 0.382. The van der Waals surface area contributed by atoms with E-state index in [1.807, 2.05) is 11.8 Å². The van der Waals surface area contributed by atoms with E-state index in [0.717, 1.165) is 17.6 Å². The molecule has 1 aliphatic heterocycles. The van der Waals surface area contributed by atoms with E-state index < -0.39 is 17.7 Å². The molecule has 1 fully saturated rings. The maximum atomic E-state index is 13.5. The lowest BCUT2D eigenvalue weighted by Crippen LogP contribution is -2.36. The van der Waals surface area contributed by atoms with Gasteiger partial charge in [0.25, 0.3) is 0 Å². The van der Waals surface area contributed by atoms with Crippen molar-refractivity contribution in [3.63, 3.8) is 0 Å². The van der Waals surface area contributed by atoms with Crippen LogP contribution in [0.4, 0.5) is 8.78 Å². The summed E-state index contributed by atoms with van der Waals surface area (Å²) < 4.78 is 26.3. The largest absolute Gasteiger partial charge is 0.392 e. The van der Waals surface area contributed by atoms with Gasteiger partial charge in [-0.1, -0.05) is 13.0 Å². The van der Waals surface area contributed by atoms with Crippen molar-refractivity contribution in [3.8, 4) is 0 Å². The quantitative estimate of drug-likeness (QED) is 0.924. The third-order valence-electron chi connectivity index (χ3n) is 3.06. The molecule has 100 valence electrons. The predicted molar refractivity (Wildman–Crippen MR) is 74.2 cm³/mol. The Kier molecular flexibility index (Phi) is 4.92. The number of halogens is 2. The molecule has 1 aliphatic rings. The first kappa shape index (κ1) is 14.2. The lowest BCUT2D eigenvalue weighted by Gasteiger charge is -2.31. The van der Waals surface area contributed by atoms with E-state index in [0.29, 0.717) is 10.8 Å². The molecule has 18 heavy (non-hydrogen) atoms. The molecule has 5 heteroatoms. The Morgan fingerprint density at radius 2 is 2.06 bits per heavy atom. The molecule has 1 nitrogen and oxygen atoms in total. The molecule has 1 aromatic carbocycles. The molecule has 0 radical (unpaired) electrons. The normalized spacial score (nSPS) is 26.0. The van der Waals surface area contributed by atoms with Gasteiger partial charge in [-0.15, -0.1) is 0 Å². The summed E-state index contributed by atoms with van der Waals surface area (Å²) in [6, 6.07) is 3.52. The van der Waals surface area contributed by atoms with Crippen molar-refractivity contribution in [3.05, 3.63) is 35.4 Å². The van der Waals surface area contributed by atoms with Gasteiger partial charge in [0.05, 0.1) is 6.10 Å². The first-order valence-electron chi connectivity index (χ1n) is 5.93. The van der Waals surface area contributed by atoms with Crippen molar-refractivity contribution in [2.45, 2.75) is 29.9 Å². The topological polar surface area (TPSA) is 20.2 Å². The average Bonchev–Trinajstić information content (AvgIpc) is 2.33. The molecule has 0 aromatic heterocycles. The first-order valence-corrected chi connectivity index (χ1v) is 8.03. The fraction of sp³-hybridized carbons (Fsp3) is 0.538. The second-order valence-electron chi connectivity index (χ2n) is 4.42. The number of hydrogen-bond acceptors (Lipinski definition) is 3. The Morgan fingerprint density at radius 1 is 1.33 bits per heavy atom. The third kappa shape index (κ3) is 3.39. The van der Waals surface area contributed by atoms with Crippen LogP contribution in [0, 0.1) is 11.6 Å². The maximum absolute atomic E-state index is 13.5. The van der Waals surface area contributed by atoms with Crippen LogP contribution in [0.2, 0.25) is 0 Å². The monoisotopic (exact) mass is 290 g/mol. The lowest BCUT2D eigenvalue weighted by atomic mass is 10.0. The summed E-state index contributed by atoms with van der Waals surface area (Å²) in [6.45, 7) is 2.09. The Bertz CT molecular complexity index is 414. The fourth-order valence-electron chi connectivity index (χ4n) is 2.10. The van der Waals surface area contributed by atoms with E-state index in [-0.39, 0.29) is 11.7 Å². The van der Waals surface area contributed by atoms with Gasteiger partial charge in [0.2, 0.25) is 0 Å². The zero-order valence-electron chi connectivity index (χ0n) is 10.1. The number of aliphatic hydroxyl groups is 1. The van der Waals surface area contributed by atoms with E-state index in [9.17, 15) is 13.9 Å². The van der Waals surface area contributed by atoms with Crippen LogP contribution in [0.15, 0.2) is 18.2 Å². The molecule has 0 spiro atoms. The van der Waals surface area contributed by atoms with E-state index in [1.54, 1.807) is 11.8 Å². The SMILES string of the molecule is CC1SCCSC1C(O)Cc1ccc(F)cc1F. The van der Waals surface area contributed by atoms with E-state index in [2.05, 4.69) is 6.92 Å². The third-order valence-corrected chi connectivity index (χ3v) is 6.30. The second kappa shape index (κ2) is 6.26. The Hall–Kier alpha value is -0.260. The standard InChI is InChI=1S/C13H16F2OS2/c1-8-13(18-5-4-17-8)12(16)6-9-2-3-10(14)7-11(9)15/h2-3,7-8,12-13,16H,4-6H2,1H3. The van der Waals surface area contributed by atoms with Gasteiger partial charge in [0.15, 0.2) is 0 Å². The van der Waals surface area contributed by atoms with E-state index in [4.69, 9.17) is 0 Å². The maximum Gasteiger partial charge on any atom is 0.129 e. The second-order valence-corrected chi connectivity index (χ2v) is 7.19. The van der Waals surface area contributed by atoms with Crippen LogP contribution in [0.5, 0.6) is 0 Å². The summed E-state index contributed by atoms with van der Waals surface area (Å²) in [6.07, 6.45) is -0.341. The molecule has 1 N–H and O–H groups in total. The highest BCUT2D eigenvalue weighted by Gasteiger charge is 2.29. The fourth-order valence-corrected chi connectivity index (χ4v) is 4.95. The molecule has 0 aliphatic carbocycles. The smallest absolute Gasteiger partial charge is 0.129 e. The lowest BCUT2D eigenvalue weighted by molar-refractivity contribution is 0.170. The van der Waals surface area contributed by atoms with Gasteiger partial charge in [-0.2, -0.15) is 23.5 Å². The van der Waals surface area contributed by atoms with Gasteiger partial charge in [-0.05, 0) is 11.6 Å². The van der Waals surface area contributed by atoms with Crippen LogP contribution in [0.1, 0.15) is 12.5 Å². The van der Waals surface area contributed by atoms with Crippen molar-refractivity contribution in [2.75, 3.05) is 11.5 Å². The Morgan fingerprint density at radius 3 is 2.72 bits per heavy atom. The van der Waals surface area contributed by atoms with Crippen LogP contribution in [-0.2, 0) is 6.42 Å². The number of benzene rings is 1. The zero-order chi connectivity index (χ0) is 13.1. The molecule has 2 rings (SSSR count). The number of hydrogen-bond donors (Lipinski definition) is 1. The molecule has 3 unspecified atom stereocenters. The first-order chi connectivity index (χ1) is 8.58. The highest BCUT2D eigenvalue weighted by Crippen LogP contribution is 2.34. The summed E-state index contributed by atoms with van der Waals surface area (Å²) in [5.74, 6) is 0.958. The van der Waals surface area contributed by atoms with Crippen LogP contribution >= 0.6 is 23.5 Å². The van der Waals surface area contributed by atoms with Gasteiger partial charge in [0.1, 0.15) is 11.6 Å². The Balaban J connectivity index is 2.03. The van der Waals surface area contributed by atoms with Crippen molar-refractivity contribution < 1.29 is 13.9 Å². The minimum Gasteiger partial charge on any atom is -0.392 e. The number of aliphatic hydroxyl groups excluding tert-OH is 1. The van der Waals surface area contributed by atoms with E-state index in [1.165, 1.54) is 12.1 Å². The zero-order valence-corrected chi connectivity index (χ0v) is 11.7.